The lowest BCUT2D eigenvalue weighted by molar-refractivity contribution is 0.248. The van der Waals surface area contributed by atoms with Crippen LogP contribution in [0.4, 0.5) is 5.13 Å². The molecule has 0 radical (unpaired) electrons. The van der Waals surface area contributed by atoms with Crippen LogP contribution in [0.15, 0.2) is 9.98 Å². The van der Waals surface area contributed by atoms with Crippen molar-refractivity contribution in [3.63, 3.8) is 0 Å². The van der Waals surface area contributed by atoms with Gasteiger partial charge in [0.1, 0.15) is 4.60 Å². The zero-order valence-corrected chi connectivity index (χ0v) is 10.9. The normalized spacial score (nSPS) is 23.4. The number of thiazole rings is 1. The molecule has 2 aliphatic rings. The first-order chi connectivity index (χ1) is 7.33. The minimum atomic E-state index is 0.912. The highest BCUT2D eigenvalue weighted by Crippen LogP contribution is 2.29. The number of halogens is 1. The van der Waals surface area contributed by atoms with Crippen molar-refractivity contribution in [2.45, 2.75) is 18.9 Å². The van der Waals surface area contributed by atoms with Crippen molar-refractivity contribution in [1.82, 2.24) is 9.88 Å². The molecule has 2 heterocycles. The fourth-order valence-corrected chi connectivity index (χ4v) is 3.41. The van der Waals surface area contributed by atoms with Crippen molar-refractivity contribution in [2.75, 3.05) is 31.1 Å². The third kappa shape index (κ3) is 2.19. The third-order valence-electron chi connectivity index (χ3n) is 3.11. The van der Waals surface area contributed by atoms with Gasteiger partial charge >= 0.3 is 0 Å². The van der Waals surface area contributed by atoms with Crippen LogP contribution in [0.3, 0.4) is 0 Å². The van der Waals surface area contributed by atoms with Crippen molar-refractivity contribution in [1.29, 1.82) is 0 Å². The molecule has 2 fully saturated rings. The summed E-state index contributed by atoms with van der Waals surface area (Å²) in [7, 11) is 0. The van der Waals surface area contributed by atoms with Crippen LogP contribution in [-0.4, -0.2) is 42.1 Å². The quantitative estimate of drug-likeness (QED) is 0.831. The number of piperazine rings is 1. The molecular weight excluding hydrogens is 274 g/mol. The number of anilines is 1. The van der Waals surface area contributed by atoms with Crippen molar-refractivity contribution in [3.05, 3.63) is 9.98 Å². The fourth-order valence-electron chi connectivity index (χ4n) is 2.11. The summed E-state index contributed by atoms with van der Waals surface area (Å²) in [6.45, 7) is 4.69. The van der Waals surface area contributed by atoms with Crippen LogP contribution in [-0.2, 0) is 0 Å². The second-order valence-corrected chi connectivity index (χ2v) is 5.86. The van der Waals surface area contributed by atoms with E-state index < -0.39 is 0 Å². The van der Waals surface area contributed by atoms with Crippen molar-refractivity contribution >= 4 is 32.4 Å². The molecule has 0 aromatic carbocycles. The van der Waals surface area contributed by atoms with Crippen LogP contribution in [0.2, 0.25) is 0 Å². The van der Waals surface area contributed by atoms with Gasteiger partial charge in [0.25, 0.3) is 0 Å². The maximum atomic E-state index is 4.46. The van der Waals surface area contributed by atoms with Crippen molar-refractivity contribution in [2.24, 2.45) is 0 Å². The molecule has 0 bridgehead atoms. The Bertz CT molecular complexity index is 342. The predicted octanol–water partition coefficient (Wildman–Crippen LogP) is 2.19. The van der Waals surface area contributed by atoms with Gasteiger partial charge in [0.05, 0.1) is 0 Å². The van der Waals surface area contributed by atoms with E-state index in [0.29, 0.717) is 0 Å². The first-order valence-corrected chi connectivity index (χ1v) is 7.10. The van der Waals surface area contributed by atoms with Gasteiger partial charge in [-0.05, 0) is 28.8 Å². The summed E-state index contributed by atoms with van der Waals surface area (Å²) in [4.78, 5) is 9.48. The monoisotopic (exact) mass is 287 g/mol. The first-order valence-electron chi connectivity index (χ1n) is 5.43. The lowest BCUT2D eigenvalue weighted by Crippen LogP contribution is -2.47. The van der Waals surface area contributed by atoms with Crippen LogP contribution < -0.4 is 4.90 Å². The molecule has 0 unspecified atom stereocenters. The highest BCUT2D eigenvalue weighted by molar-refractivity contribution is 9.10. The van der Waals surface area contributed by atoms with Crippen molar-refractivity contribution < 1.29 is 0 Å². The molecule has 1 aliphatic heterocycles. The van der Waals surface area contributed by atoms with Gasteiger partial charge in [-0.15, -0.1) is 11.3 Å². The Hall–Kier alpha value is -0.130. The molecule has 0 spiro atoms. The van der Waals surface area contributed by atoms with Gasteiger partial charge in [-0.2, -0.15) is 0 Å². The summed E-state index contributed by atoms with van der Waals surface area (Å²) in [6.07, 6.45) is 2.84. The van der Waals surface area contributed by atoms with E-state index in [9.17, 15) is 0 Å². The molecular formula is C10H14BrN3S. The summed E-state index contributed by atoms with van der Waals surface area (Å²) in [5, 5.41) is 3.22. The van der Waals surface area contributed by atoms with Gasteiger partial charge in [-0.3, -0.25) is 4.90 Å². The van der Waals surface area contributed by atoms with Gasteiger partial charge < -0.3 is 4.90 Å². The fraction of sp³-hybridized carbons (Fsp3) is 0.700. The lowest BCUT2D eigenvalue weighted by atomic mass is 10.3. The molecule has 1 saturated carbocycles. The van der Waals surface area contributed by atoms with Gasteiger partial charge in [-0.1, -0.05) is 0 Å². The van der Waals surface area contributed by atoms with Crippen molar-refractivity contribution in [3.8, 4) is 0 Å². The molecule has 1 aliphatic carbocycles. The molecule has 3 rings (SSSR count). The molecule has 82 valence electrons. The highest BCUT2D eigenvalue weighted by atomic mass is 79.9. The highest BCUT2D eigenvalue weighted by Gasteiger charge is 2.31. The summed E-state index contributed by atoms with van der Waals surface area (Å²) >= 11 is 5.14. The Morgan fingerprint density at radius 2 is 2.00 bits per heavy atom. The molecule has 3 nitrogen and oxygen atoms in total. The molecule has 0 amide bonds. The van der Waals surface area contributed by atoms with Gasteiger partial charge in [-0.25, -0.2) is 4.98 Å². The summed E-state index contributed by atoms with van der Waals surface area (Å²) < 4.78 is 0.965. The van der Waals surface area contributed by atoms with E-state index in [1.807, 2.05) is 0 Å². The van der Waals surface area contributed by atoms with E-state index >= 15 is 0 Å². The maximum absolute atomic E-state index is 4.46. The number of nitrogens with zero attached hydrogens (tertiary/aromatic N) is 3. The number of rotatable bonds is 2. The Morgan fingerprint density at radius 1 is 1.27 bits per heavy atom. The number of aromatic nitrogens is 1. The Morgan fingerprint density at radius 3 is 2.53 bits per heavy atom. The minimum Gasteiger partial charge on any atom is -0.345 e. The Balaban J connectivity index is 1.61. The smallest absolute Gasteiger partial charge is 0.186 e. The second-order valence-electron chi connectivity index (χ2n) is 4.21. The largest absolute Gasteiger partial charge is 0.345 e. The zero-order chi connectivity index (χ0) is 10.3. The van der Waals surface area contributed by atoms with E-state index in [0.717, 1.165) is 28.9 Å². The van der Waals surface area contributed by atoms with Crippen LogP contribution in [0.1, 0.15) is 12.8 Å². The second kappa shape index (κ2) is 4.03. The number of hydrogen-bond donors (Lipinski definition) is 0. The lowest BCUT2D eigenvalue weighted by Gasteiger charge is -2.34. The van der Waals surface area contributed by atoms with Crippen LogP contribution in [0.25, 0.3) is 0 Å². The average molecular weight is 288 g/mol. The third-order valence-corrected chi connectivity index (χ3v) is 4.72. The Labute approximate surface area is 102 Å². The molecule has 0 atom stereocenters. The summed E-state index contributed by atoms with van der Waals surface area (Å²) in [5.74, 6) is 0. The van der Waals surface area contributed by atoms with Crippen LogP contribution in [0, 0.1) is 0 Å². The molecule has 15 heavy (non-hydrogen) atoms. The predicted molar refractivity (Wildman–Crippen MR) is 66.6 cm³/mol. The molecule has 0 N–H and O–H groups in total. The van der Waals surface area contributed by atoms with Gasteiger partial charge in [0.2, 0.25) is 0 Å². The van der Waals surface area contributed by atoms with Gasteiger partial charge in [0.15, 0.2) is 5.13 Å². The first kappa shape index (κ1) is 10.1. The van der Waals surface area contributed by atoms with E-state index in [1.165, 1.54) is 25.9 Å². The van der Waals surface area contributed by atoms with E-state index in [1.54, 1.807) is 11.3 Å². The van der Waals surface area contributed by atoms with Crippen LogP contribution >= 0.6 is 27.3 Å². The van der Waals surface area contributed by atoms with Crippen LogP contribution in [0.5, 0.6) is 0 Å². The molecule has 5 heteroatoms. The van der Waals surface area contributed by atoms with E-state index in [2.05, 4.69) is 36.1 Å². The maximum Gasteiger partial charge on any atom is 0.186 e. The Kier molecular flexibility index (Phi) is 2.70. The molecule has 1 saturated heterocycles. The standard InChI is InChI=1S/C10H14BrN3S/c11-9-7-15-10(12-9)14-5-3-13(4-6-14)8-1-2-8/h7-8H,1-6H2. The average Bonchev–Trinajstić information content (AvgIpc) is 3.02. The zero-order valence-electron chi connectivity index (χ0n) is 8.53. The summed E-state index contributed by atoms with van der Waals surface area (Å²) in [6, 6.07) is 0.912. The topological polar surface area (TPSA) is 19.4 Å². The molecule has 1 aromatic heterocycles. The molecule has 1 aromatic rings. The SMILES string of the molecule is Brc1csc(N2CCN(C3CC3)CC2)n1. The van der Waals surface area contributed by atoms with Gasteiger partial charge in [0, 0.05) is 37.6 Å². The van der Waals surface area contributed by atoms with E-state index in [-0.39, 0.29) is 0 Å². The minimum absolute atomic E-state index is 0.912. The summed E-state index contributed by atoms with van der Waals surface area (Å²) in [5.41, 5.74) is 0. The van der Waals surface area contributed by atoms with E-state index in [4.69, 9.17) is 0 Å². The number of hydrogen-bond acceptors (Lipinski definition) is 4.